The highest BCUT2D eigenvalue weighted by molar-refractivity contribution is 7.08. The predicted octanol–water partition coefficient (Wildman–Crippen LogP) is 4.93. The molecule has 0 aliphatic rings. The van der Waals surface area contributed by atoms with E-state index < -0.39 is 0 Å². The van der Waals surface area contributed by atoms with E-state index in [1.54, 1.807) is 42.7 Å². The Balaban J connectivity index is 1.86. The molecule has 2 aromatic carbocycles. The third-order valence-corrected chi connectivity index (χ3v) is 4.66. The second kappa shape index (κ2) is 7.51. The van der Waals surface area contributed by atoms with Crippen molar-refractivity contribution in [1.29, 1.82) is 0 Å². The summed E-state index contributed by atoms with van der Waals surface area (Å²) in [4.78, 5) is 12.6. The first kappa shape index (κ1) is 16.6. The summed E-state index contributed by atoms with van der Waals surface area (Å²) >= 11 is 7.57. The van der Waals surface area contributed by atoms with Crippen molar-refractivity contribution in [3.63, 3.8) is 0 Å². The van der Waals surface area contributed by atoms with Gasteiger partial charge in [0.15, 0.2) is 0 Å². The largest absolute Gasteiger partial charge is 0.497 e. The summed E-state index contributed by atoms with van der Waals surface area (Å²) in [6, 6.07) is 16.4. The van der Waals surface area contributed by atoms with Crippen molar-refractivity contribution in [3.05, 3.63) is 87.1 Å². The summed E-state index contributed by atoms with van der Waals surface area (Å²) in [6.45, 7) is 0. The number of carbonyl (C=O) groups excluding carboxylic acids is 1. The monoisotopic (exact) mass is 357 g/mol. The summed E-state index contributed by atoms with van der Waals surface area (Å²) < 4.78 is 5.13. The Hall–Kier alpha value is -2.30. The van der Waals surface area contributed by atoms with E-state index in [1.807, 2.05) is 41.1 Å². The average Bonchev–Trinajstić information content (AvgIpc) is 3.15. The van der Waals surface area contributed by atoms with Crippen molar-refractivity contribution in [1.82, 2.24) is 5.32 Å². The lowest BCUT2D eigenvalue weighted by atomic mass is 10.0. The molecule has 1 aromatic heterocycles. The summed E-state index contributed by atoms with van der Waals surface area (Å²) in [6.07, 6.45) is 0. The molecule has 0 fully saturated rings. The van der Waals surface area contributed by atoms with Crippen LogP contribution in [-0.2, 0) is 0 Å². The fourth-order valence-corrected chi connectivity index (χ4v) is 3.22. The number of rotatable bonds is 5. The molecular formula is C19H16ClNO2S. The first-order chi connectivity index (χ1) is 11.7. The van der Waals surface area contributed by atoms with E-state index >= 15 is 0 Å². The van der Waals surface area contributed by atoms with Crippen LogP contribution in [0, 0.1) is 0 Å². The van der Waals surface area contributed by atoms with Gasteiger partial charge in [0.05, 0.1) is 13.2 Å². The topological polar surface area (TPSA) is 38.3 Å². The Morgan fingerprint density at radius 3 is 2.33 bits per heavy atom. The first-order valence-electron chi connectivity index (χ1n) is 7.40. The average molecular weight is 358 g/mol. The molecular weight excluding hydrogens is 342 g/mol. The Kier molecular flexibility index (Phi) is 5.18. The van der Waals surface area contributed by atoms with Crippen LogP contribution in [0.1, 0.15) is 27.5 Å². The molecule has 1 unspecified atom stereocenters. The lowest BCUT2D eigenvalue weighted by Gasteiger charge is -2.19. The number of benzene rings is 2. The molecule has 122 valence electrons. The summed E-state index contributed by atoms with van der Waals surface area (Å²) in [5, 5.41) is 7.80. The number of halogens is 1. The van der Waals surface area contributed by atoms with Gasteiger partial charge in [0.1, 0.15) is 5.75 Å². The van der Waals surface area contributed by atoms with E-state index in [1.165, 1.54) is 0 Å². The normalized spacial score (nSPS) is 11.8. The molecule has 1 amide bonds. The highest BCUT2D eigenvalue weighted by atomic mass is 35.5. The first-order valence-corrected chi connectivity index (χ1v) is 8.72. The molecule has 1 atom stereocenters. The third kappa shape index (κ3) is 3.78. The van der Waals surface area contributed by atoms with Crippen molar-refractivity contribution < 1.29 is 9.53 Å². The summed E-state index contributed by atoms with van der Waals surface area (Å²) in [7, 11) is 1.60. The van der Waals surface area contributed by atoms with Crippen LogP contribution in [0.25, 0.3) is 0 Å². The molecule has 1 N–H and O–H groups in total. The molecule has 0 aliphatic carbocycles. The zero-order chi connectivity index (χ0) is 16.9. The highest BCUT2D eigenvalue weighted by Gasteiger charge is 2.18. The van der Waals surface area contributed by atoms with Gasteiger partial charge in [-0.2, -0.15) is 11.3 Å². The molecule has 0 saturated carbocycles. The minimum absolute atomic E-state index is 0.135. The van der Waals surface area contributed by atoms with Crippen LogP contribution in [0.5, 0.6) is 5.75 Å². The van der Waals surface area contributed by atoms with Gasteiger partial charge in [-0.15, -0.1) is 0 Å². The smallest absolute Gasteiger partial charge is 0.252 e. The zero-order valence-electron chi connectivity index (χ0n) is 13.0. The van der Waals surface area contributed by atoms with Gasteiger partial charge < -0.3 is 10.1 Å². The Morgan fingerprint density at radius 2 is 1.75 bits per heavy atom. The van der Waals surface area contributed by atoms with E-state index in [9.17, 15) is 4.79 Å². The van der Waals surface area contributed by atoms with E-state index in [2.05, 4.69) is 5.32 Å². The van der Waals surface area contributed by atoms with Crippen LogP contribution in [-0.4, -0.2) is 13.0 Å². The van der Waals surface area contributed by atoms with E-state index in [-0.39, 0.29) is 11.9 Å². The number of carbonyl (C=O) groups is 1. The van der Waals surface area contributed by atoms with Crippen molar-refractivity contribution in [2.24, 2.45) is 0 Å². The van der Waals surface area contributed by atoms with Gasteiger partial charge in [-0.1, -0.05) is 23.7 Å². The van der Waals surface area contributed by atoms with Crippen LogP contribution in [0.2, 0.25) is 5.02 Å². The lowest BCUT2D eigenvalue weighted by Crippen LogP contribution is -2.29. The third-order valence-electron chi connectivity index (χ3n) is 3.71. The predicted molar refractivity (Wildman–Crippen MR) is 98.1 cm³/mol. The van der Waals surface area contributed by atoms with Crippen LogP contribution in [0.15, 0.2) is 65.4 Å². The second-order valence-corrected chi connectivity index (χ2v) is 6.46. The van der Waals surface area contributed by atoms with Crippen molar-refractivity contribution in [3.8, 4) is 5.75 Å². The van der Waals surface area contributed by atoms with E-state index in [0.29, 0.717) is 10.6 Å². The Morgan fingerprint density at radius 1 is 1.04 bits per heavy atom. The molecule has 0 aliphatic heterocycles. The molecule has 3 rings (SSSR count). The Bertz CT molecular complexity index is 798. The molecule has 5 heteroatoms. The zero-order valence-corrected chi connectivity index (χ0v) is 14.6. The molecule has 0 radical (unpaired) electrons. The standard InChI is InChI=1S/C19H16ClNO2S/c1-23-17-8-4-14(5-9-17)19(22)21-18(15-10-11-24-12-15)13-2-6-16(20)7-3-13/h2-12,18H,1H3,(H,21,22). The maximum Gasteiger partial charge on any atom is 0.252 e. The number of methoxy groups -OCH3 is 1. The van der Waals surface area contributed by atoms with Crippen LogP contribution >= 0.6 is 22.9 Å². The molecule has 3 aromatic rings. The lowest BCUT2D eigenvalue weighted by molar-refractivity contribution is 0.0943. The molecule has 0 saturated heterocycles. The van der Waals surface area contributed by atoms with Gasteiger partial charge in [0.25, 0.3) is 5.91 Å². The van der Waals surface area contributed by atoms with Crippen molar-refractivity contribution >= 4 is 28.8 Å². The Labute approximate surface area is 149 Å². The van der Waals surface area contributed by atoms with Crippen LogP contribution in [0.3, 0.4) is 0 Å². The van der Waals surface area contributed by atoms with Gasteiger partial charge in [0, 0.05) is 10.6 Å². The molecule has 0 bridgehead atoms. The number of ether oxygens (including phenoxy) is 1. The van der Waals surface area contributed by atoms with Crippen LogP contribution < -0.4 is 10.1 Å². The minimum atomic E-state index is -0.219. The highest BCUT2D eigenvalue weighted by Crippen LogP contribution is 2.26. The van der Waals surface area contributed by atoms with Gasteiger partial charge in [-0.3, -0.25) is 4.79 Å². The number of thiophene rings is 1. The second-order valence-electron chi connectivity index (χ2n) is 5.24. The number of hydrogen-bond acceptors (Lipinski definition) is 3. The van der Waals surface area contributed by atoms with Gasteiger partial charge in [0.2, 0.25) is 0 Å². The van der Waals surface area contributed by atoms with E-state index in [0.717, 1.165) is 16.9 Å². The minimum Gasteiger partial charge on any atom is -0.497 e. The van der Waals surface area contributed by atoms with Gasteiger partial charge in [-0.25, -0.2) is 0 Å². The number of hydrogen-bond donors (Lipinski definition) is 1. The van der Waals surface area contributed by atoms with Gasteiger partial charge in [-0.05, 0) is 64.4 Å². The SMILES string of the molecule is COc1ccc(C(=O)NC(c2ccc(Cl)cc2)c2ccsc2)cc1. The summed E-state index contributed by atoms with van der Waals surface area (Å²) in [5.41, 5.74) is 2.62. The molecule has 0 spiro atoms. The fraction of sp³-hybridized carbons (Fsp3) is 0.105. The van der Waals surface area contributed by atoms with E-state index in [4.69, 9.17) is 16.3 Å². The van der Waals surface area contributed by atoms with Crippen molar-refractivity contribution in [2.75, 3.05) is 7.11 Å². The van der Waals surface area contributed by atoms with Crippen molar-refractivity contribution in [2.45, 2.75) is 6.04 Å². The molecule has 1 heterocycles. The maximum atomic E-state index is 12.6. The maximum absolute atomic E-state index is 12.6. The molecule has 24 heavy (non-hydrogen) atoms. The number of amides is 1. The summed E-state index contributed by atoms with van der Waals surface area (Å²) in [5.74, 6) is 0.586. The van der Waals surface area contributed by atoms with Crippen LogP contribution in [0.4, 0.5) is 0 Å². The van der Waals surface area contributed by atoms with Gasteiger partial charge >= 0.3 is 0 Å². The fourth-order valence-electron chi connectivity index (χ4n) is 2.41. The quantitative estimate of drug-likeness (QED) is 0.703. The number of nitrogens with one attached hydrogen (secondary N) is 1. The molecule has 3 nitrogen and oxygen atoms in total.